The first kappa shape index (κ1) is 16.0. The average molecular weight is 319 g/mol. The maximum Gasteiger partial charge on any atom is 0.265 e. The molecule has 0 unspecified atom stereocenters. The summed E-state index contributed by atoms with van der Waals surface area (Å²) in [4.78, 5) is 11.2. The van der Waals surface area contributed by atoms with Gasteiger partial charge in [-0.05, 0) is 36.8 Å². The van der Waals surface area contributed by atoms with Crippen LogP contribution in [0.15, 0.2) is 53.4 Å². The molecule has 1 N–H and O–H groups in total. The van der Waals surface area contributed by atoms with Gasteiger partial charge in [-0.25, -0.2) is 8.42 Å². The van der Waals surface area contributed by atoms with Gasteiger partial charge >= 0.3 is 0 Å². The Hall–Kier alpha value is -2.34. The van der Waals surface area contributed by atoms with E-state index in [1.54, 1.807) is 42.5 Å². The molecule has 6 heteroatoms. The number of methoxy groups -OCH3 is 1. The van der Waals surface area contributed by atoms with E-state index in [-0.39, 0.29) is 22.8 Å². The van der Waals surface area contributed by atoms with Gasteiger partial charge in [0.25, 0.3) is 10.0 Å². The fourth-order valence-corrected chi connectivity index (χ4v) is 3.32. The van der Waals surface area contributed by atoms with E-state index in [1.807, 2.05) is 0 Å². The first-order valence-corrected chi connectivity index (χ1v) is 8.15. The monoisotopic (exact) mass is 319 g/mol. The Morgan fingerprint density at radius 3 is 2.41 bits per heavy atom. The number of carbonyl (C=O) groups excluding carboxylic acids is 1. The van der Waals surface area contributed by atoms with Crippen molar-refractivity contribution in [3.8, 4) is 5.75 Å². The smallest absolute Gasteiger partial charge is 0.265 e. The van der Waals surface area contributed by atoms with Gasteiger partial charge in [0, 0.05) is 12.1 Å². The summed E-state index contributed by atoms with van der Waals surface area (Å²) >= 11 is 0. The fraction of sp³-hybridized carbons (Fsp3) is 0.188. The molecule has 22 heavy (non-hydrogen) atoms. The summed E-state index contributed by atoms with van der Waals surface area (Å²) in [6, 6.07) is 13.3. The number of ketones is 1. The van der Waals surface area contributed by atoms with Crippen molar-refractivity contribution in [1.82, 2.24) is 0 Å². The highest BCUT2D eigenvalue weighted by atomic mass is 32.2. The number of hydrogen-bond donors (Lipinski definition) is 1. The SMILES string of the molecule is COc1ccc(CC(C)=O)cc1S(=O)(=O)Nc1ccccc1. The molecule has 0 amide bonds. The van der Waals surface area contributed by atoms with Crippen LogP contribution in [0.1, 0.15) is 12.5 Å². The number of carbonyl (C=O) groups is 1. The predicted octanol–water partition coefficient (Wildman–Crippen LogP) is 2.63. The van der Waals surface area contributed by atoms with Crippen LogP contribution in [-0.2, 0) is 21.2 Å². The van der Waals surface area contributed by atoms with Crippen LogP contribution < -0.4 is 9.46 Å². The topological polar surface area (TPSA) is 72.5 Å². The summed E-state index contributed by atoms with van der Waals surface area (Å²) in [6.07, 6.45) is 0.178. The van der Waals surface area contributed by atoms with Crippen molar-refractivity contribution in [2.45, 2.75) is 18.2 Å². The molecule has 0 fully saturated rings. The van der Waals surface area contributed by atoms with E-state index >= 15 is 0 Å². The Morgan fingerprint density at radius 1 is 1.14 bits per heavy atom. The van der Waals surface area contributed by atoms with Gasteiger partial charge in [-0.2, -0.15) is 0 Å². The summed E-state index contributed by atoms with van der Waals surface area (Å²) in [7, 11) is -2.40. The Kier molecular flexibility index (Phi) is 4.82. The number of anilines is 1. The van der Waals surface area contributed by atoms with E-state index in [4.69, 9.17) is 4.74 Å². The van der Waals surface area contributed by atoms with Gasteiger partial charge in [0.15, 0.2) is 0 Å². The van der Waals surface area contributed by atoms with E-state index in [1.165, 1.54) is 20.1 Å². The number of rotatable bonds is 6. The molecule has 0 atom stereocenters. The lowest BCUT2D eigenvalue weighted by Crippen LogP contribution is -2.14. The molecular weight excluding hydrogens is 302 g/mol. The molecule has 0 saturated heterocycles. The summed E-state index contributed by atoms with van der Waals surface area (Å²) in [6.45, 7) is 1.46. The second-order valence-electron chi connectivity index (χ2n) is 4.84. The summed E-state index contributed by atoms with van der Waals surface area (Å²) < 4.78 is 32.7. The number of Topliss-reactive ketones (excluding diaryl/α,β-unsaturated/α-hetero) is 1. The molecule has 2 rings (SSSR count). The van der Waals surface area contributed by atoms with Crippen molar-refractivity contribution in [2.24, 2.45) is 0 Å². The molecule has 0 heterocycles. The van der Waals surface area contributed by atoms with Crippen LogP contribution in [-0.4, -0.2) is 21.3 Å². The quantitative estimate of drug-likeness (QED) is 0.888. The Labute approximate surface area is 130 Å². The minimum atomic E-state index is -3.80. The normalized spacial score (nSPS) is 11.0. The van der Waals surface area contributed by atoms with Gasteiger partial charge in [0.2, 0.25) is 0 Å². The van der Waals surface area contributed by atoms with Gasteiger partial charge in [0.05, 0.1) is 7.11 Å². The summed E-state index contributed by atoms with van der Waals surface area (Å²) in [5, 5.41) is 0. The van der Waals surface area contributed by atoms with Crippen molar-refractivity contribution in [2.75, 3.05) is 11.8 Å². The van der Waals surface area contributed by atoms with Crippen LogP contribution in [0.5, 0.6) is 5.75 Å². The maximum atomic E-state index is 12.5. The van der Waals surface area contributed by atoms with Crippen LogP contribution in [0, 0.1) is 0 Å². The minimum absolute atomic E-state index is 0.0117. The van der Waals surface area contributed by atoms with Crippen molar-refractivity contribution in [3.63, 3.8) is 0 Å². The number of para-hydroxylation sites is 1. The second kappa shape index (κ2) is 6.62. The van der Waals surface area contributed by atoms with Crippen LogP contribution in [0.25, 0.3) is 0 Å². The van der Waals surface area contributed by atoms with Crippen molar-refractivity contribution < 1.29 is 17.9 Å². The van der Waals surface area contributed by atoms with E-state index in [9.17, 15) is 13.2 Å². The Balaban J connectivity index is 2.42. The lowest BCUT2D eigenvalue weighted by molar-refractivity contribution is -0.116. The van der Waals surface area contributed by atoms with E-state index in [2.05, 4.69) is 4.72 Å². The molecule has 0 aromatic heterocycles. The molecule has 116 valence electrons. The third-order valence-corrected chi connectivity index (χ3v) is 4.40. The fourth-order valence-electron chi connectivity index (χ4n) is 2.04. The molecule has 2 aromatic carbocycles. The number of sulfonamides is 1. The van der Waals surface area contributed by atoms with Crippen LogP contribution in [0.4, 0.5) is 5.69 Å². The Bertz CT molecular complexity index is 770. The molecule has 0 aliphatic carbocycles. The number of hydrogen-bond acceptors (Lipinski definition) is 4. The molecular formula is C16H17NO4S. The van der Waals surface area contributed by atoms with Crippen molar-refractivity contribution in [1.29, 1.82) is 0 Å². The molecule has 0 bridgehead atoms. The highest BCUT2D eigenvalue weighted by Gasteiger charge is 2.20. The zero-order chi connectivity index (χ0) is 16.2. The zero-order valence-electron chi connectivity index (χ0n) is 12.4. The second-order valence-corrected chi connectivity index (χ2v) is 6.49. The summed E-state index contributed by atoms with van der Waals surface area (Å²) in [5.74, 6) is 0.195. The van der Waals surface area contributed by atoms with Crippen LogP contribution >= 0.6 is 0 Å². The van der Waals surface area contributed by atoms with Gasteiger partial charge in [-0.1, -0.05) is 24.3 Å². The first-order chi connectivity index (χ1) is 10.4. The standard InChI is InChI=1S/C16H17NO4S/c1-12(18)10-13-8-9-15(21-2)16(11-13)22(19,20)17-14-6-4-3-5-7-14/h3-9,11,17H,10H2,1-2H3. The summed E-state index contributed by atoms with van der Waals surface area (Å²) in [5.41, 5.74) is 1.09. The van der Waals surface area contributed by atoms with Crippen molar-refractivity contribution >= 4 is 21.5 Å². The highest BCUT2D eigenvalue weighted by Crippen LogP contribution is 2.27. The number of benzene rings is 2. The zero-order valence-corrected chi connectivity index (χ0v) is 13.2. The molecule has 0 saturated carbocycles. The minimum Gasteiger partial charge on any atom is -0.495 e. The third-order valence-electron chi connectivity index (χ3n) is 3.00. The molecule has 0 aliphatic rings. The van der Waals surface area contributed by atoms with Gasteiger partial charge < -0.3 is 4.74 Å². The van der Waals surface area contributed by atoms with Gasteiger partial charge in [-0.3, -0.25) is 9.52 Å². The van der Waals surface area contributed by atoms with Crippen LogP contribution in [0.3, 0.4) is 0 Å². The molecule has 0 spiro atoms. The highest BCUT2D eigenvalue weighted by molar-refractivity contribution is 7.92. The lowest BCUT2D eigenvalue weighted by atomic mass is 10.1. The lowest BCUT2D eigenvalue weighted by Gasteiger charge is -2.13. The van der Waals surface area contributed by atoms with E-state index in [0.29, 0.717) is 11.3 Å². The number of nitrogens with one attached hydrogen (secondary N) is 1. The van der Waals surface area contributed by atoms with Gasteiger partial charge in [0.1, 0.15) is 16.4 Å². The molecule has 0 radical (unpaired) electrons. The maximum absolute atomic E-state index is 12.5. The average Bonchev–Trinajstić information content (AvgIpc) is 2.47. The number of ether oxygens (including phenoxy) is 1. The molecule has 0 aliphatic heterocycles. The van der Waals surface area contributed by atoms with E-state index in [0.717, 1.165) is 0 Å². The third kappa shape index (κ3) is 3.85. The van der Waals surface area contributed by atoms with Crippen molar-refractivity contribution in [3.05, 3.63) is 54.1 Å². The van der Waals surface area contributed by atoms with Crippen LogP contribution in [0.2, 0.25) is 0 Å². The Morgan fingerprint density at radius 2 is 1.82 bits per heavy atom. The van der Waals surface area contributed by atoms with E-state index < -0.39 is 10.0 Å². The predicted molar refractivity (Wildman–Crippen MR) is 84.6 cm³/mol. The molecule has 5 nitrogen and oxygen atoms in total. The molecule has 2 aromatic rings. The van der Waals surface area contributed by atoms with Gasteiger partial charge in [-0.15, -0.1) is 0 Å². The first-order valence-electron chi connectivity index (χ1n) is 6.66. The largest absolute Gasteiger partial charge is 0.495 e.